The van der Waals surface area contributed by atoms with E-state index < -0.39 is 10.0 Å². The number of carbonyl (C=O) groups is 1. The van der Waals surface area contributed by atoms with Gasteiger partial charge >= 0.3 is 0 Å². The van der Waals surface area contributed by atoms with Crippen LogP contribution in [-0.4, -0.2) is 50.3 Å². The largest absolute Gasteiger partial charge is 0.468 e. The lowest BCUT2D eigenvalue weighted by molar-refractivity contribution is 0.0627. The first-order chi connectivity index (χ1) is 15.4. The summed E-state index contributed by atoms with van der Waals surface area (Å²) in [5.41, 5.74) is 1.07. The summed E-state index contributed by atoms with van der Waals surface area (Å²) in [6, 6.07) is 16.0. The summed E-state index contributed by atoms with van der Waals surface area (Å²) in [6.45, 7) is 2.89. The maximum absolute atomic E-state index is 13.9. The number of piperazine rings is 1. The molecular formula is C23H24FN3O4S. The van der Waals surface area contributed by atoms with Gasteiger partial charge in [-0.1, -0.05) is 18.2 Å². The molecule has 0 spiro atoms. The molecule has 9 heteroatoms. The van der Waals surface area contributed by atoms with Gasteiger partial charge in [0.05, 0.1) is 17.7 Å². The van der Waals surface area contributed by atoms with Crippen LogP contribution in [0.5, 0.6) is 0 Å². The Kier molecular flexibility index (Phi) is 6.69. The van der Waals surface area contributed by atoms with Crippen LogP contribution in [0.4, 0.5) is 4.39 Å². The molecular weight excluding hydrogens is 433 g/mol. The minimum Gasteiger partial charge on any atom is -0.468 e. The molecule has 1 aromatic heterocycles. The molecule has 1 aliphatic heterocycles. The number of nitrogens with zero attached hydrogens (tertiary/aromatic N) is 2. The van der Waals surface area contributed by atoms with E-state index in [-0.39, 0.29) is 23.2 Å². The molecule has 1 saturated heterocycles. The van der Waals surface area contributed by atoms with Crippen LogP contribution < -0.4 is 4.72 Å². The van der Waals surface area contributed by atoms with Crippen molar-refractivity contribution in [3.8, 4) is 0 Å². The third kappa shape index (κ3) is 5.24. The summed E-state index contributed by atoms with van der Waals surface area (Å²) in [5.74, 6) is 0.136. The fraction of sp³-hybridized carbons (Fsp3) is 0.261. The third-order valence-corrected chi connectivity index (χ3v) is 6.86. The number of hydrogen-bond acceptors (Lipinski definition) is 5. The fourth-order valence-corrected chi connectivity index (χ4v) is 4.59. The summed E-state index contributed by atoms with van der Waals surface area (Å²) in [5, 5.41) is 0. The monoisotopic (exact) mass is 457 g/mol. The summed E-state index contributed by atoms with van der Waals surface area (Å²) >= 11 is 0. The number of amides is 1. The van der Waals surface area contributed by atoms with Gasteiger partial charge in [0, 0.05) is 43.9 Å². The van der Waals surface area contributed by atoms with Gasteiger partial charge < -0.3 is 9.32 Å². The van der Waals surface area contributed by atoms with Crippen LogP contribution >= 0.6 is 0 Å². The topological polar surface area (TPSA) is 82.9 Å². The first-order valence-corrected chi connectivity index (χ1v) is 11.8. The van der Waals surface area contributed by atoms with Crippen molar-refractivity contribution < 1.29 is 22.0 Å². The molecule has 0 bridgehead atoms. The van der Waals surface area contributed by atoms with E-state index in [2.05, 4.69) is 9.62 Å². The van der Waals surface area contributed by atoms with E-state index in [1.54, 1.807) is 29.2 Å². The quantitative estimate of drug-likeness (QED) is 0.590. The van der Waals surface area contributed by atoms with Crippen LogP contribution in [0.2, 0.25) is 0 Å². The highest BCUT2D eigenvalue weighted by molar-refractivity contribution is 7.89. The van der Waals surface area contributed by atoms with Crippen LogP contribution in [0, 0.1) is 5.82 Å². The Morgan fingerprint density at radius 1 is 0.969 bits per heavy atom. The van der Waals surface area contributed by atoms with Gasteiger partial charge in [-0.3, -0.25) is 9.69 Å². The van der Waals surface area contributed by atoms with Crippen LogP contribution in [-0.2, 0) is 23.1 Å². The second-order valence-corrected chi connectivity index (χ2v) is 9.36. The second kappa shape index (κ2) is 9.64. The van der Waals surface area contributed by atoms with Crippen molar-refractivity contribution in [2.24, 2.45) is 0 Å². The molecule has 1 N–H and O–H groups in total. The number of hydrogen-bond donors (Lipinski definition) is 1. The Hall–Kier alpha value is -3.01. The van der Waals surface area contributed by atoms with Crippen LogP contribution in [0.15, 0.2) is 76.2 Å². The number of furan rings is 1. The van der Waals surface area contributed by atoms with E-state index in [0.717, 1.165) is 0 Å². The molecule has 0 aliphatic carbocycles. The Labute approximate surface area is 186 Å². The lowest BCUT2D eigenvalue weighted by Gasteiger charge is -2.34. The van der Waals surface area contributed by atoms with Gasteiger partial charge in [-0.05, 0) is 42.5 Å². The average molecular weight is 458 g/mol. The lowest BCUT2D eigenvalue weighted by Crippen LogP contribution is -2.48. The molecule has 3 aromatic rings. The molecule has 1 amide bonds. The van der Waals surface area contributed by atoms with Crippen molar-refractivity contribution in [1.82, 2.24) is 14.5 Å². The zero-order valence-electron chi connectivity index (χ0n) is 17.4. The third-order valence-electron chi connectivity index (χ3n) is 5.44. The molecule has 0 saturated carbocycles. The minimum absolute atomic E-state index is 0.0488. The van der Waals surface area contributed by atoms with Gasteiger partial charge in [-0.2, -0.15) is 0 Å². The molecule has 0 atom stereocenters. The van der Waals surface area contributed by atoms with Gasteiger partial charge in [0.25, 0.3) is 5.91 Å². The number of carbonyl (C=O) groups excluding carboxylic acids is 1. The number of benzene rings is 2. The van der Waals surface area contributed by atoms with E-state index in [1.807, 2.05) is 6.07 Å². The first-order valence-electron chi connectivity index (χ1n) is 10.3. The Morgan fingerprint density at radius 3 is 2.34 bits per heavy atom. The van der Waals surface area contributed by atoms with Crippen LogP contribution in [0.25, 0.3) is 0 Å². The van der Waals surface area contributed by atoms with Gasteiger partial charge in [0.1, 0.15) is 11.6 Å². The van der Waals surface area contributed by atoms with Gasteiger partial charge in [0.15, 0.2) is 0 Å². The highest BCUT2D eigenvalue weighted by Gasteiger charge is 2.23. The van der Waals surface area contributed by atoms with Crippen molar-refractivity contribution in [1.29, 1.82) is 0 Å². The zero-order valence-corrected chi connectivity index (χ0v) is 18.2. The molecule has 0 unspecified atom stereocenters. The van der Waals surface area contributed by atoms with Gasteiger partial charge in [-0.15, -0.1) is 0 Å². The summed E-state index contributed by atoms with van der Waals surface area (Å²) in [4.78, 5) is 16.8. The standard InChI is InChI=1S/C23H24FN3O4S/c24-22-6-2-1-4-19(22)17-26-11-13-27(14-12-26)23(28)18-7-9-21(10-8-18)32(29,30)25-16-20-5-3-15-31-20/h1-10,15,25H,11-14,16-17H2. The smallest absolute Gasteiger partial charge is 0.253 e. The van der Waals surface area contributed by atoms with Crippen molar-refractivity contribution in [3.05, 3.63) is 89.6 Å². The predicted molar refractivity (Wildman–Crippen MR) is 117 cm³/mol. The SMILES string of the molecule is O=C(c1ccc(S(=O)(=O)NCc2ccco2)cc1)N1CCN(Cc2ccccc2F)CC1. The molecule has 1 aliphatic rings. The highest BCUT2D eigenvalue weighted by atomic mass is 32.2. The van der Waals surface area contributed by atoms with Crippen LogP contribution in [0.1, 0.15) is 21.7 Å². The number of halogens is 1. The van der Waals surface area contributed by atoms with Crippen molar-refractivity contribution in [2.75, 3.05) is 26.2 Å². The average Bonchev–Trinajstić information content (AvgIpc) is 3.33. The Balaban J connectivity index is 1.32. The fourth-order valence-electron chi connectivity index (χ4n) is 3.60. The van der Waals surface area contributed by atoms with Crippen molar-refractivity contribution >= 4 is 15.9 Å². The molecule has 7 nitrogen and oxygen atoms in total. The molecule has 4 rings (SSSR count). The maximum atomic E-state index is 13.9. The molecule has 1 fully saturated rings. The summed E-state index contributed by atoms with van der Waals surface area (Å²) < 4.78 is 46.3. The minimum atomic E-state index is -3.72. The molecule has 2 aromatic carbocycles. The summed E-state index contributed by atoms with van der Waals surface area (Å²) in [6.07, 6.45) is 1.48. The number of rotatable bonds is 7. The molecule has 2 heterocycles. The predicted octanol–water partition coefficient (Wildman–Crippen LogP) is 2.86. The molecule has 32 heavy (non-hydrogen) atoms. The Morgan fingerprint density at radius 2 is 1.69 bits per heavy atom. The van der Waals surface area contributed by atoms with Crippen molar-refractivity contribution in [3.63, 3.8) is 0 Å². The maximum Gasteiger partial charge on any atom is 0.253 e. The number of sulfonamides is 1. The van der Waals surface area contributed by atoms with E-state index in [1.165, 1.54) is 36.6 Å². The van der Waals surface area contributed by atoms with Gasteiger partial charge in [-0.25, -0.2) is 17.5 Å². The normalized spacial score (nSPS) is 15.1. The Bertz CT molecular complexity index is 1160. The van der Waals surface area contributed by atoms with E-state index in [4.69, 9.17) is 4.42 Å². The zero-order chi connectivity index (χ0) is 22.6. The van der Waals surface area contributed by atoms with Crippen molar-refractivity contribution in [2.45, 2.75) is 18.0 Å². The lowest BCUT2D eigenvalue weighted by atomic mass is 10.1. The van der Waals surface area contributed by atoms with E-state index in [9.17, 15) is 17.6 Å². The molecule has 168 valence electrons. The van der Waals surface area contributed by atoms with E-state index in [0.29, 0.717) is 49.6 Å². The van der Waals surface area contributed by atoms with Gasteiger partial charge in [0.2, 0.25) is 10.0 Å². The van der Waals surface area contributed by atoms with Crippen LogP contribution in [0.3, 0.4) is 0 Å². The summed E-state index contributed by atoms with van der Waals surface area (Å²) in [7, 11) is -3.72. The first kappa shape index (κ1) is 22.2. The van der Waals surface area contributed by atoms with E-state index >= 15 is 0 Å². The number of nitrogens with one attached hydrogen (secondary N) is 1. The molecule has 0 radical (unpaired) electrons. The highest BCUT2D eigenvalue weighted by Crippen LogP contribution is 2.16. The second-order valence-electron chi connectivity index (χ2n) is 7.59.